The summed E-state index contributed by atoms with van der Waals surface area (Å²) in [6.07, 6.45) is 14.0. The molecule has 2 saturated carbocycles. The van der Waals surface area contributed by atoms with Gasteiger partial charge >= 0.3 is 6.01 Å². The number of hydrogen-bond donors (Lipinski definition) is 3. The monoisotopic (exact) mass is 994 g/mol. The van der Waals surface area contributed by atoms with E-state index >= 15 is 8.78 Å². The van der Waals surface area contributed by atoms with Gasteiger partial charge in [-0.15, -0.1) is 0 Å². The summed E-state index contributed by atoms with van der Waals surface area (Å²) in [7, 11) is 0. The number of aromatic hydroxyl groups is 1. The molecule has 3 saturated heterocycles. The molecule has 7 heterocycles. The number of likely N-dealkylation sites (tertiary alicyclic amines) is 1. The number of nitrogens with one attached hydrogen (secondary N) is 2. The van der Waals surface area contributed by atoms with Crippen LogP contribution < -0.4 is 15.0 Å². The number of pyridine rings is 1. The number of aryl methyl sites for hydroxylation is 1. The Morgan fingerprint density at radius 3 is 2.41 bits per heavy atom. The number of phenolic OH excluding ortho intramolecular Hbond substituents is 1. The van der Waals surface area contributed by atoms with Gasteiger partial charge in [0.25, 0.3) is 5.91 Å². The summed E-state index contributed by atoms with van der Waals surface area (Å²) in [5, 5.41) is 22.5. The van der Waals surface area contributed by atoms with Crippen LogP contribution in [0.15, 0.2) is 49.2 Å². The average molecular weight is 994 g/mol. The summed E-state index contributed by atoms with van der Waals surface area (Å²) >= 11 is 0. The van der Waals surface area contributed by atoms with E-state index in [0.717, 1.165) is 96.4 Å². The Morgan fingerprint density at radius 2 is 1.73 bits per heavy atom. The normalized spacial score (nSPS) is 23.0. The van der Waals surface area contributed by atoms with Crippen molar-refractivity contribution in [2.75, 3.05) is 50.8 Å². The lowest BCUT2D eigenvalue weighted by molar-refractivity contribution is -0.151. The van der Waals surface area contributed by atoms with Crippen molar-refractivity contribution in [2.24, 2.45) is 10.8 Å². The fraction of sp³-hybridized carbons (Fsp3) is 0.509. The second kappa shape index (κ2) is 18.1. The van der Waals surface area contributed by atoms with Gasteiger partial charge in [0, 0.05) is 79.2 Å². The molecular weight excluding hydrogens is 929 g/mol. The number of piperidine rings is 2. The van der Waals surface area contributed by atoms with Gasteiger partial charge in [0.05, 0.1) is 30.0 Å². The number of carbonyl (C=O) groups is 2. The van der Waals surface area contributed by atoms with Crippen LogP contribution in [0.25, 0.3) is 38.6 Å². The molecule has 5 aromatic rings. The molecule has 7 aliphatic rings. The summed E-state index contributed by atoms with van der Waals surface area (Å²) in [4.78, 5) is 49.6. The third-order valence-electron chi connectivity index (χ3n) is 17.9. The molecule has 2 spiro atoms. The number of carbonyl (C=O) groups excluding carboxylic acids is 2. The predicted octanol–water partition coefficient (Wildman–Crippen LogP) is 9.28. The van der Waals surface area contributed by atoms with Gasteiger partial charge in [-0.25, -0.2) is 8.78 Å². The Morgan fingerprint density at radius 1 is 0.986 bits per heavy atom. The van der Waals surface area contributed by atoms with Crippen LogP contribution in [0.5, 0.6) is 11.8 Å². The quantitative estimate of drug-likeness (QED) is 0.0855. The highest BCUT2D eigenvalue weighted by Crippen LogP contribution is 2.51. The largest absolute Gasteiger partial charge is 0.508 e. The molecule has 12 rings (SSSR count). The van der Waals surface area contributed by atoms with Gasteiger partial charge in [0.1, 0.15) is 34.6 Å². The van der Waals surface area contributed by atoms with Crippen molar-refractivity contribution in [3.63, 3.8) is 0 Å². The first-order valence-electron chi connectivity index (χ1n) is 26.5. The molecule has 2 aliphatic carbocycles. The molecule has 2 atom stereocenters. The van der Waals surface area contributed by atoms with Crippen LogP contribution in [0.2, 0.25) is 0 Å². The summed E-state index contributed by atoms with van der Waals surface area (Å²) in [6, 6.07) is 9.96. The molecule has 1 unspecified atom stereocenters. The fourth-order valence-electron chi connectivity index (χ4n) is 13.4. The molecule has 16 heteroatoms. The van der Waals surface area contributed by atoms with Gasteiger partial charge in [0.15, 0.2) is 5.82 Å². The minimum Gasteiger partial charge on any atom is -0.508 e. The predicted molar refractivity (Wildman–Crippen MR) is 275 cm³/mol. The molecular formula is C57H65F2N9O5. The average Bonchev–Trinajstić information content (AvgIpc) is 3.94. The van der Waals surface area contributed by atoms with Gasteiger partial charge in [-0.1, -0.05) is 19.6 Å². The third kappa shape index (κ3) is 8.50. The Bertz CT molecular complexity index is 3070. The van der Waals surface area contributed by atoms with Crippen LogP contribution in [-0.2, 0) is 29.0 Å². The van der Waals surface area contributed by atoms with Gasteiger partial charge in [-0.3, -0.25) is 29.8 Å². The Labute approximate surface area is 424 Å². The van der Waals surface area contributed by atoms with E-state index in [1.807, 2.05) is 13.0 Å². The van der Waals surface area contributed by atoms with E-state index in [4.69, 9.17) is 24.9 Å². The second-order valence-electron chi connectivity index (χ2n) is 22.6. The van der Waals surface area contributed by atoms with Crippen molar-refractivity contribution in [3.05, 3.63) is 88.6 Å². The van der Waals surface area contributed by atoms with Crippen LogP contribution in [0, 0.1) is 27.9 Å². The molecule has 382 valence electrons. The van der Waals surface area contributed by atoms with Gasteiger partial charge < -0.3 is 29.7 Å². The number of ether oxygens (including phenoxy) is 2. The molecule has 73 heavy (non-hydrogen) atoms. The zero-order chi connectivity index (χ0) is 50.6. The van der Waals surface area contributed by atoms with E-state index in [2.05, 4.69) is 37.6 Å². The number of amidine groups is 1. The van der Waals surface area contributed by atoms with Crippen LogP contribution >= 0.6 is 0 Å². The second-order valence-corrected chi connectivity index (χ2v) is 22.6. The van der Waals surface area contributed by atoms with Crippen molar-refractivity contribution in [2.45, 2.75) is 129 Å². The minimum absolute atomic E-state index is 0.0177. The van der Waals surface area contributed by atoms with E-state index < -0.39 is 23.6 Å². The smallest absolute Gasteiger partial charge is 0.319 e. The van der Waals surface area contributed by atoms with Crippen LogP contribution in [0.4, 0.5) is 14.6 Å². The molecule has 2 aromatic heterocycles. The maximum absolute atomic E-state index is 17.3. The number of benzene rings is 3. The number of halogens is 2. The van der Waals surface area contributed by atoms with Crippen LogP contribution in [0.1, 0.15) is 124 Å². The Kier molecular flexibility index (Phi) is 11.9. The molecule has 5 aliphatic heterocycles. The van der Waals surface area contributed by atoms with Gasteiger partial charge in [-0.2, -0.15) is 9.97 Å². The molecule has 2 amide bonds. The number of amides is 2. The number of fused-ring (bicyclic) bond motifs is 4. The van der Waals surface area contributed by atoms with E-state index in [1.165, 1.54) is 60.8 Å². The molecule has 3 aromatic carbocycles. The van der Waals surface area contributed by atoms with Crippen molar-refractivity contribution in [1.29, 1.82) is 5.41 Å². The number of aromatic nitrogens is 3. The van der Waals surface area contributed by atoms with E-state index in [1.54, 1.807) is 25.3 Å². The maximum Gasteiger partial charge on any atom is 0.319 e. The lowest BCUT2D eigenvalue weighted by Crippen LogP contribution is -2.56. The number of anilines is 1. The summed E-state index contributed by atoms with van der Waals surface area (Å²) < 4.78 is 45.2. The first kappa shape index (κ1) is 47.9. The molecule has 0 bridgehead atoms. The van der Waals surface area contributed by atoms with Crippen LogP contribution in [-0.4, -0.2) is 116 Å². The zero-order valence-corrected chi connectivity index (χ0v) is 42.2. The van der Waals surface area contributed by atoms with Crippen molar-refractivity contribution >= 4 is 50.8 Å². The number of hydrogen-bond acceptors (Lipinski definition) is 12. The van der Waals surface area contributed by atoms with Crippen molar-refractivity contribution < 1.29 is 33.0 Å². The lowest BCUT2D eigenvalue weighted by atomic mass is 9.66. The van der Waals surface area contributed by atoms with E-state index in [9.17, 15) is 14.7 Å². The number of phenols is 1. The highest BCUT2D eigenvalue weighted by molar-refractivity contribution is 6.12. The minimum atomic E-state index is -0.774. The van der Waals surface area contributed by atoms with Crippen LogP contribution in [0.3, 0.4) is 0 Å². The standard InChI is InChI=1S/C57H65F2N9O5/c1-5-41-46(58)8-7-36-23-40(69)26-44(47(36)41)49-48(59)50-45(27-61-49)51(66-19-6-11-57(31-66)18-22-73-57)64-54(63-50)72-32-56(14-15-56)30-65-20-16-55(17-21-65)12-9-39(10-13-55)67-28-37-24-42-33(2)68(34(3)52(70)62-35(4)60)53(71)43(42)25-38(37)29-67/h7-8,23-27,34,39,69H,2,5-6,9-22,28-32H2,1,3-4H3,(H2,60,62,70)/t34?,57-/m0/s1. The molecule has 14 nitrogen and oxygen atoms in total. The van der Waals surface area contributed by atoms with E-state index in [-0.39, 0.29) is 45.7 Å². The fourth-order valence-corrected chi connectivity index (χ4v) is 13.4. The first-order chi connectivity index (χ1) is 35.1. The Balaban J connectivity index is 0.704. The van der Waals surface area contributed by atoms with Gasteiger partial charge in [0.2, 0.25) is 5.91 Å². The summed E-state index contributed by atoms with van der Waals surface area (Å²) in [6.45, 7) is 16.4. The molecule has 5 fully saturated rings. The number of rotatable bonds is 11. The van der Waals surface area contributed by atoms with E-state index in [0.29, 0.717) is 75.4 Å². The highest BCUT2D eigenvalue weighted by Gasteiger charge is 2.48. The zero-order valence-electron chi connectivity index (χ0n) is 42.2. The summed E-state index contributed by atoms with van der Waals surface area (Å²) in [5.74, 6) is -1.15. The topological polar surface area (TPSA) is 160 Å². The Hall–Kier alpha value is -6.10. The third-order valence-corrected chi connectivity index (χ3v) is 17.9. The molecule has 3 N–H and O–H groups in total. The first-order valence-corrected chi connectivity index (χ1v) is 26.5. The summed E-state index contributed by atoms with van der Waals surface area (Å²) in [5.41, 5.74) is 5.19. The SMILES string of the molecule is C=C1c2cc3c(cc2C(=O)N1C(C)C(=O)NC(C)=N)CN(C1CCC2(CC1)CCN(CC1(COc4nc(N5CCC[C@]6(CCO6)C5)c5cnc(-c6cc(O)cc7ccc(F)c(CC)c67)c(F)c5n4)CC1)CC2)C3. The van der Waals surface area contributed by atoms with Crippen molar-refractivity contribution in [3.8, 4) is 23.0 Å². The lowest BCUT2D eigenvalue weighted by Gasteiger charge is -2.48. The van der Waals surface area contributed by atoms with Gasteiger partial charge in [-0.05, 0) is 161 Å². The van der Waals surface area contributed by atoms with Crippen molar-refractivity contribution in [1.82, 2.24) is 35.0 Å². The highest BCUT2D eigenvalue weighted by atomic mass is 19.1. The molecule has 0 radical (unpaired) electrons. The number of nitrogens with zero attached hydrogens (tertiary/aromatic N) is 7. The maximum atomic E-state index is 17.3.